The van der Waals surface area contributed by atoms with Crippen LogP contribution in [0.15, 0.2) is 42.7 Å². The number of fused-ring (bicyclic) bond motifs is 1. The number of benzene rings is 1. The molecule has 0 N–H and O–H groups in total. The molecule has 0 amide bonds. The number of hydrogen-bond acceptors (Lipinski definition) is 5. The minimum Gasteiger partial charge on any atom is -0.283 e. The van der Waals surface area contributed by atoms with Crippen molar-refractivity contribution in [1.82, 2.24) is 14.5 Å². The fraction of sp³-hybridized carbons (Fsp3) is 0. The van der Waals surface area contributed by atoms with E-state index in [1.807, 2.05) is 24.3 Å². The Bertz CT molecular complexity index is 863. The van der Waals surface area contributed by atoms with Crippen molar-refractivity contribution in [1.29, 1.82) is 5.26 Å². The lowest BCUT2D eigenvalue weighted by Gasteiger charge is -2.03. The molecule has 7 heteroatoms. The van der Waals surface area contributed by atoms with Crippen LogP contribution in [0.1, 0.15) is 5.69 Å². The van der Waals surface area contributed by atoms with Crippen LogP contribution in [-0.4, -0.2) is 19.5 Å². The highest BCUT2D eigenvalue weighted by Crippen LogP contribution is 2.21. The largest absolute Gasteiger partial charge is 0.305 e. The molecule has 20 heavy (non-hydrogen) atoms. The van der Waals surface area contributed by atoms with Gasteiger partial charge in [-0.2, -0.15) is 5.26 Å². The molecule has 0 saturated carbocycles. The number of imidazole rings is 1. The molecule has 0 fully saturated rings. The summed E-state index contributed by atoms with van der Waals surface area (Å²) in [5.74, 6) is 0.417. The molecule has 0 aliphatic heterocycles. The number of pyridine rings is 1. The van der Waals surface area contributed by atoms with E-state index in [4.69, 9.17) is 5.26 Å². The molecule has 2 heterocycles. The van der Waals surface area contributed by atoms with Crippen molar-refractivity contribution < 1.29 is 4.92 Å². The summed E-state index contributed by atoms with van der Waals surface area (Å²) in [5, 5.41) is 19.7. The summed E-state index contributed by atoms with van der Waals surface area (Å²) in [6.07, 6.45) is 1.57. The van der Waals surface area contributed by atoms with E-state index in [0.29, 0.717) is 5.82 Å². The monoisotopic (exact) mass is 265 g/mol. The second-order valence-electron chi connectivity index (χ2n) is 4.01. The quantitative estimate of drug-likeness (QED) is 0.522. The normalized spacial score (nSPS) is 10.3. The van der Waals surface area contributed by atoms with E-state index in [9.17, 15) is 10.1 Å². The van der Waals surface area contributed by atoms with Gasteiger partial charge in [0, 0.05) is 6.07 Å². The van der Waals surface area contributed by atoms with E-state index in [1.54, 1.807) is 17.0 Å². The maximum Gasteiger partial charge on any atom is 0.305 e. The van der Waals surface area contributed by atoms with Gasteiger partial charge < -0.3 is 0 Å². The molecule has 0 aliphatic carbocycles. The molecule has 0 atom stereocenters. The SMILES string of the molecule is N#Cc1nc(-n2cnc3ccccc32)ccc1[N+](=O)[O-]. The third-order valence-electron chi connectivity index (χ3n) is 2.86. The molecule has 3 aromatic rings. The second kappa shape index (κ2) is 4.44. The highest BCUT2D eigenvalue weighted by molar-refractivity contribution is 5.76. The van der Waals surface area contributed by atoms with Crippen molar-refractivity contribution in [3.63, 3.8) is 0 Å². The number of nitrogens with zero attached hydrogens (tertiary/aromatic N) is 5. The first-order chi connectivity index (χ1) is 9.70. The van der Waals surface area contributed by atoms with Gasteiger partial charge in [0.05, 0.1) is 16.0 Å². The highest BCUT2D eigenvalue weighted by Gasteiger charge is 2.16. The number of hydrogen-bond donors (Lipinski definition) is 0. The number of aromatic nitrogens is 3. The van der Waals surface area contributed by atoms with E-state index >= 15 is 0 Å². The predicted molar refractivity (Wildman–Crippen MR) is 70.2 cm³/mol. The van der Waals surface area contributed by atoms with Gasteiger partial charge in [-0.15, -0.1) is 0 Å². The molecule has 3 rings (SSSR count). The van der Waals surface area contributed by atoms with Crippen LogP contribution in [0.25, 0.3) is 16.9 Å². The van der Waals surface area contributed by atoms with Crippen molar-refractivity contribution in [2.75, 3.05) is 0 Å². The topological polar surface area (TPSA) is 97.6 Å². The van der Waals surface area contributed by atoms with Crippen LogP contribution in [-0.2, 0) is 0 Å². The van der Waals surface area contributed by atoms with Crippen molar-refractivity contribution in [3.8, 4) is 11.9 Å². The molecule has 0 bridgehead atoms. The van der Waals surface area contributed by atoms with Gasteiger partial charge in [0.2, 0.25) is 5.69 Å². The minimum absolute atomic E-state index is 0.217. The van der Waals surface area contributed by atoms with Gasteiger partial charge in [0.25, 0.3) is 0 Å². The molecule has 0 aliphatic rings. The molecule has 0 unspecified atom stereocenters. The van der Waals surface area contributed by atoms with Gasteiger partial charge >= 0.3 is 5.69 Å². The molecule has 1 aromatic carbocycles. The zero-order chi connectivity index (χ0) is 14.1. The number of nitro groups is 1. The Morgan fingerprint density at radius 2 is 2.05 bits per heavy atom. The molecular formula is C13H7N5O2. The summed E-state index contributed by atoms with van der Waals surface area (Å²) >= 11 is 0. The fourth-order valence-electron chi connectivity index (χ4n) is 1.95. The molecule has 0 radical (unpaired) electrons. The van der Waals surface area contributed by atoms with Crippen LogP contribution >= 0.6 is 0 Å². The molecule has 7 nitrogen and oxygen atoms in total. The zero-order valence-electron chi connectivity index (χ0n) is 10.1. The average Bonchev–Trinajstić information content (AvgIpc) is 2.90. The average molecular weight is 265 g/mol. The Hall–Kier alpha value is -3.27. The molecule has 96 valence electrons. The van der Waals surface area contributed by atoms with Crippen LogP contribution in [0.3, 0.4) is 0 Å². The Morgan fingerprint density at radius 3 is 2.80 bits per heavy atom. The van der Waals surface area contributed by atoms with Gasteiger partial charge in [-0.25, -0.2) is 9.97 Å². The predicted octanol–water partition coefficient (Wildman–Crippen LogP) is 2.20. The van der Waals surface area contributed by atoms with Crippen LogP contribution in [0.4, 0.5) is 5.69 Å². The Labute approximate surface area is 112 Å². The smallest absolute Gasteiger partial charge is 0.283 e. The van der Waals surface area contributed by atoms with Gasteiger partial charge in [0.15, 0.2) is 0 Å². The molecule has 0 saturated heterocycles. The highest BCUT2D eigenvalue weighted by atomic mass is 16.6. The summed E-state index contributed by atoms with van der Waals surface area (Å²) in [7, 11) is 0. The van der Waals surface area contributed by atoms with Crippen LogP contribution < -0.4 is 0 Å². The first-order valence-electron chi connectivity index (χ1n) is 5.68. The van der Waals surface area contributed by atoms with E-state index in [1.165, 1.54) is 12.1 Å². The molecule has 2 aromatic heterocycles. The van der Waals surface area contributed by atoms with Crippen molar-refractivity contribution in [3.05, 3.63) is 58.5 Å². The van der Waals surface area contributed by atoms with E-state index in [2.05, 4.69) is 9.97 Å². The fourth-order valence-corrected chi connectivity index (χ4v) is 1.95. The zero-order valence-corrected chi connectivity index (χ0v) is 10.1. The third kappa shape index (κ3) is 1.76. The first-order valence-corrected chi connectivity index (χ1v) is 5.68. The first kappa shape index (κ1) is 11.8. The van der Waals surface area contributed by atoms with Gasteiger partial charge in [-0.05, 0) is 18.2 Å². The third-order valence-corrected chi connectivity index (χ3v) is 2.86. The van der Waals surface area contributed by atoms with Crippen LogP contribution in [0.2, 0.25) is 0 Å². The second-order valence-corrected chi connectivity index (χ2v) is 4.01. The summed E-state index contributed by atoms with van der Waals surface area (Å²) in [6.45, 7) is 0. The lowest BCUT2D eigenvalue weighted by Crippen LogP contribution is -2.01. The van der Waals surface area contributed by atoms with E-state index in [0.717, 1.165) is 11.0 Å². The Balaban J connectivity index is 2.21. The number of rotatable bonds is 2. The summed E-state index contributed by atoms with van der Waals surface area (Å²) in [4.78, 5) is 18.4. The molecular weight excluding hydrogens is 258 g/mol. The minimum atomic E-state index is -0.624. The van der Waals surface area contributed by atoms with Crippen LogP contribution in [0.5, 0.6) is 0 Å². The lowest BCUT2D eigenvalue weighted by molar-refractivity contribution is -0.385. The maximum absolute atomic E-state index is 10.8. The van der Waals surface area contributed by atoms with E-state index < -0.39 is 4.92 Å². The molecule has 0 spiro atoms. The van der Waals surface area contributed by atoms with Gasteiger partial charge in [-0.1, -0.05) is 12.1 Å². The van der Waals surface area contributed by atoms with Crippen molar-refractivity contribution in [2.24, 2.45) is 0 Å². The van der Waals surface area contributed by atoms with Crippen molar-refractivity contribution in [2.45, 2.75) is 0 Å². The number of nitriles is 1. The van der Waals surface area contributed by atoms with Gasteiger partial charge in [0.1, 0.15) is 18.2 Å². The standard InChI is InChI=1S/C13H7N5O2/c14-7-10-12(18(19)20)5-6-13(16-10)17-8-15-9-3-1-2-4-11(9)17/h1-6,8H. The van der Waals surface area contributed by atoms with E-state index in [-0.39, 0.29) is 11.4 Å². The van der Waals surface area contributed by atoms with Crippen LogP contribution in [0, 0.1) is 21.4 Å². The summed E-state index contributed by atoms with van der Waals surface area (Å²) < 4.78 is 1.68. The Kier molecular flexibility index (Phi) is 2.62. The maximum atomic E-state index is 10.8. The lowest BCUT2D eigenvalue weighted by atomic mass is 10.3. The number of para-hydroxylation sites is 2. The van der Waals surface area contributed by atoms with Gasteiger partial charge in [-0.3, -0.25) is 14.7 Å². The van der Waals surface area contributed by atoms with Crippen molar-refractivity contribution >= 4 is 16.7 Å². The summed E-state index contributed by atoms with van der Waals surface area (Å²) in [6, 6.07) is 11.9. The Morgan fingerprint density at radius 1 is 1.25 bits per heavy atom. The summed E-state index contributed by atoms with van der Waals surface area (Å²) in [5.41, 5.74) is 1.08.